The average Bonchev–Trinajstić information content (AvgIpc) is 3.32. The summed E-state index contributed by atoms with van der Waals surface area (Å²) in [6.07, 6.45) is 0.955. The number of ether oxygens (including phenoxy) is 1. The number of hydrogen-bond donors (Lipinski definition) is 1. The number of benzene rings is 2. The van der Waals surface area contributed by atoms with Crippen LogP contribution in [0.1, 0.15) is 24.0 Å². The Bertz CT molecular complexity index is 818. The predicted octanol–water partition coefficient (Wildman–Crippen LogP) is 2.78. The molecule has 1 saturated carbocycles. The van der Waals surface area contributed by atoms with Crippen LogP contribution in [-0.2, 0) is 21.0 Å². The topological polar surface area (TPSA) is 69.4 Å². The van der Waals surface area contributed by atoms with Crippen LogP contribution in [0.15, 0.2) is 59.5 Å². The summed E-state index contributed by atoms with van der Waals surface area (Å²) in [5.41, 5.74) is 7.74. The normalized spacial score (nSPS) is 25.7. The van der Waals surface area contributed by atoms with Crippen molar-refractivity contribution in [3.05, 3.63) is 65.7 Å². The van der Waals surface area contributed by atoms with Crippen molar-refractivity contribution in [1.82, 2.24) is 0 Å². The Kier molecular flexibility index (Phi) is 5.00. The van der Waals surface area contributed by atoms with Crippen molar-refractivity contribution in [1.29, 1.82) is 0 Å². The van der Waals surface area contributed by atoms with Crippen molar-refractivity contribution in [2.24, 2.45) is 11.1 Å². The van der Waals surface area contributed by atoms with Crippen LogP contribution in [0.4, 0.5) is 0 Å². The van der Waals surface area contributed by atoms with Crippen LogP contribution < -0.4 is 5.73 Å². The maximum absolute atomic E-state index is 13.2. The molecule has 3 atom stereocenters. The summed E-state index contributed by atoms with van der Waals surface area (Å²) in [6, 6.07) is 16.8. The summed E-state index contributed by atoms with van der Waals surface area (Å²) >= 11 is 0. The molecule has 3 rings (SSSR count). The highest BCUT2D eigenvalue weighted by atomic mass is 32.2. The van der Waals surface area contributed by atoms with Gasteiger partial charge in [-0.3, -0.25) is 0 Å². The molecule has 0 saturated heterocycles. The second-order valence-corrected chi connectivity index (χ2v) is 8.79. The molecule has 0 bridgehead atoms. The van der Waals surface area contributed by atoms with E-state index in [1.807, 2.05) is 18.2 Å². The number of rotatable bonds is 7. The third kappa shape index (κ3) is 3.01. The Balaban J connectivity index is 2.03. The van der Waals surface area contributed by atoms with Crippen LogP contribution in [0.3, 0.4) is 0 Å². The fourth-order valence-corrected chi connectivity index (χ4v) is 6.37. The molecule has 2 N–H and O–H groups in total. The monoisotopic (exact) mass is 359 g/mol. The zero-order valence-corrected chi connectivity index (χ0v) is 15.5. The molecule has 0 aliphatic heterocycles. The zero-order chi connectivity index (χ0) is 18.1. The molecule has 5 heteroatoms. The van der Waals surface area contributed by atoms with Crippen molar-refractivity contribution >= 4 is 9.84 Å². The largest absolute Gasteiger partial charge is 0.384 e. The van der Waals surface area contributed by atoms with E-state index in [-0.39, 0.29) is 12.5 Å². The van der Waals surface area contributed by atoms with E-state index in [0.717, 1.165) is 12.0 Å². The third-order valence-corrected chi connectivity index (χ3v) is 7.67. The van der Waals surface area contributed by atoms with Crippen molar-refractivity contribution < 1.29 is 13.2 Å². The average molecular weight is 359 g/mol. The second-order valence-electron chi connectivity index (χ2n) is 6.72. The molecular formula is C20H25NO3S. The first-order valence-electron chi connectivity index (χ1n) is 8.58. The fraction of sp³-hybridized carbons (Fsp3) is 0.400. The molecule has 0 unspecified atom stereocenters. The molecule has 2 aromatic carbocycles. The first kappa shape index (κ1) is 18.1. The third-order valence-electron chi connectivity index (χ3n) is 5.33. The van der Waals surface area contributed by atoms with E-state index in [4.69, 9.17) is 10.5 Å². The van der Waals surface area contributed by atoms with Gasteiger partial charge in [-0.05, 0) is 29.7 Å². The van der Waals surface area contributed by atoms with Gasteiger partial charge in [0.2, 0.25) is 0 Å². The zero-order valence-electron chi connectivity index (χ0n) is 14.7. The summed E-state index contributed by atoms with van der Waals surface area (Å²) in [6.45, 7) is 2.71. The van der Waals surface area contributed by atoms with E-state index in [0.29, 0.717) is 11.5 Å². The SMILES string of the molecule is CCc1ccc([C@@H]2[C@@H](S(=O)(=O)c3ccccc3)[C@]2(CN)COC)cc1. The number of hydrogen-bond acceptors (Lipinski definition) is 4. The summed E-state index contributed by atoms with van der Waals surface area (Å²) in [5.74, 6) is -0.145. The van der Waals surface area contributed by atoms with E-state index in [2.05, 4.69) is 19.1 Å². The molecule has 0 aromatic heterocycles. The molecular weight excluding hydrogens is 334 g/mol. The van der Waals surface area contributed by atoms with E-state index in [9.17, 15) is 8.42 Å². The van der Waals surface area contributed by atoms with Crippen LogP contribution in [0.2, 0.25) is 0 Å². The maximum atomic E-state index is 13.2. The number of sulfone groups is 1. The maximum Gasteiger partial charge on any atom is 0.182 e. The van der Waals surface area contributed by atoms with Crippen molar-refractivity contribution in [3.63, 3.8) is 0 Å². The molecule has 0 heterocycles. The van der Waals surface area contributed by atoms with Crippen molar-refractivity contribution in [3.8, 4) is 0 Å². The molecule has 2 aromatic rings. The van der Waals surface area contributed by atoms with Gasteiger partial charge in [-0.1, -0.05) is 49.4 Å². The van der Waals surface area contributed by atoms with Gasteiger partial charge in [0.05, 0.1) is 16.8 Å². The van der Waals surface area contributed by atoms with E-state index in [1.165, 1.54) is 5.56 Å². The Morgan fingerprint density at radius 1 is 1.08 bits per heavy atom. The standard InChI is InChI=1S/C20H25NO3S/c1-3-15-9-11-16(12-10-15)18-19(20(18,13-21)14-24-2)25(22,23)17-7-5-4-6-8-17/h4-12,18-19H,3,13-14,21H2,1-2H3/t18-,19-,20-/m1/s1. The minimum absolute atomic E-state index is 0.145. The van der Waals surface area contributed by atoms with Gasteiger partial charge < -0.3 is 10.5 Å². The lowest BCUT2D eigenvalue weighted by Gasteiger charge is -2.15. The minimum Gasteiger partial charge on any atom is -0.384 e. The quantitative estimate of drug-likeness (QED) is 0.825. The van der Waals surface area contributed by atoms with Gasteiger partial charge in [0.1, 0.15) is 0 Å². The van der Waals surface area contributed by atoms with Gasteiger partial charge in [-0.2, -0.15) is 0 Å². The molecule has 1 fully saturated rings. The highest BCUT2D eigenvalue weighted by Gasteiger charge is 2.70. The molecule has 134 valence electrons. The van der Waals surface area contributed by atoms with Gasteiger partial charge in [0.15, 0.2) is 9.84 Å². The van der Waals surface area contributed by atoms with E-state index in [1.54, 1.807) is 31.4 Å². The minimum atomic E-state index is -3.48. The smallest absolute Gasteiger partial charge is 0.182 e. The Morgan fingerprint density at radius 3 is 2.24 bits per heavy atom. The van der Waals surface area contributed by atoms with Gasteiger partial charge in [-0.15, -0.1) is 0 Å². The molecule has 0 radical (unpaired) electrons. The van der Waals surface area contributed by atoms with Gasteiger partial charge >= 0.3 is 0 Å². The molecule has 0 amide bonds. The molecule has 25 heavy (non-hydrogen) atoms. The Morgan fingerprint density at radius 2 is 1.72 bits per heavy atom. The van der Waals surface area contributed by atoms with Gasteiger partial charge in [-0.25, -0.2) is 8.42 Å². The molecule has 4 nitrogen and oxygen atoms in total. The van der Waals surface area contributed by atoms with Crippen LogP contribution in [0.25, 0.3) is 0 Å². The lowest BCUT2D eigenvalue weighted by Crippen LogP contribution is -2.28. The summed E-state index contributed by atoms with van der Waals surface area (Å²) in [5, 5.41) is -0.556. The van der Waals surface area contributed by atoms with Crippen LogP contribution in [0, 0.1) is 5.41 Å². The van der Waals surface area contributed by atoms with Crippen LogP contribution >= 0.6 is 0 Å². The highest BCUT2D eigenvalue weighted by molar-refractivity contribution is 7.92. The van der Waals surface area contributed by atoms with Gasteiger partial charge in [0.25, 0.3) is 0 Å². The number of methoxy groups -OCH3 is 1. The molecule has 1 aliphatic carbocycles. The summed E-state index contributed by atoms with van der Waals surface area (Å²) in [4.78, 5) is 0.349. The van der Waals surface area contributed by atoms with E-state index < -0.39 is 20.5 Å². The summed E-state index contributed by atoms with van der Waals surface area (Å²) in [7, 11) is -1.88. The van der Waals surface area contributed by atoms with E-state index >= 15 is 0 Å². The molecule has 0 spiro atoms. The van der Waals surface area contributed by atoms with Crippen molar-refractivity contribution in [2.75, 3.05) is 20.3 Å². The lowest BCUT2D eigenvalue weighted by molar-refractivity contribution is 0.142. The van der Waals surface area contributed by atoms with Crippen LogP contribution in [0.5, 0.6) is 0 Å². The first-order chi connectivity index (χ1) is 12.0. The number of nitrogens with two attached hydrogens (primary N) is 1. The van der Waals surface area contributed by atoms with Crippen LogP contribution in [-0.4, -0.2) is 33.9 Å². The lowest BCUT2D eigenvalue weighted by atomic mass is 9.99. The van der Waals surface area contributed by atoms with Crippen molar-refractivity contribution in [2.45, 2.75) is 29.4 Å². The Hall–Kier alpha value is -1.69. The number of aryl methyl sites for hydroxylation is 1. The summed E-state index contributed by atoms with van der Waals surface area (Å²) < 4.78 is 31.9. The van der Waals surface area contributed by atoms with Gasteiger partial charge in [0, 0.05) is 25.0 Å². The Labute approximate surface area is 149 Å². The second kappa shape index (κ2) is 6.90. The predicted molar refractivity (Wildman–Crippen MR) is 99.3 cm³/mol. The first-order valence-corrected chi connectivity index (χ1v) is 10.1. The fourth-order valence-electron chi connectivity index (χ4n) is 3.91. The highest BCUT2D eigenvalue weighted by Crippen LogP contribution is 2.63. The molecule has 1 aliphatic rings.